The predicted octanol–water partition coefficient (Wildman–Crippen LogP) is 3.59. The van der Waals surface area contributed by atoms with Gasteiger partial charge in [0.2, 0.25) is 5.56 Å². The second-order valence-corrected chi connectivity index (χ2v) is 6.65. The molecule has 0 saturated carbocycles. The Bertz CT molecular complexity index is 662. The van der Waals surface area contributed by atoms with E-state index in [-0.39, 0.29) is 5.56 Å². The van der Waals surface area contributed by atoms with Gasteiger partial charge in [-0.2, -0.15) is 0 Å². The first-order chi connectivity index (χ1) is 9.13. The van der Waals surface area contributed by atoms with Crippen molar-refractivity contribution in [2.75, 3.05) is 5.32 Å². The molecule has 2 aromatic rings. The lowest BCUT2D eigenvalue weighted by Crippen LogP contribution is -2.19. The molecule has 0 radical (unpaired) electrons. The summed E-state index contributed by atoms with van der Waals surface area (Å²) in [5.74, 6) is 0. The monoisotopic (exact) mass is 294 g/mol. The largest absolute Gasteiger partial charge is 0.377 e. The molecule has 1 atom stereocenters. The second-order valence-electron chi connectivity index (χ2n) is 4.89. The van der Waals surface area contributed by atoms with Gasteiger partial charge >= 0.3 is 0 Å². The zero-order valence-electron chi connectivity index (χ0n) is 10.6. The Morgan fingerprint density at radius 3 is 3.11 bits per heavy atom. The number of aromatic nitrogens is 1. The molecule has 1 unspecified atom stereocenters. The molecule has 1 aliphatic carbocycles. The smallest absolute Gasteiger partial charge is 0.250 e. The lowest BCUT2D eigenvalue weighted by molar-refractivity contribution is 0.608. The Labute approximate surface area is 120 Å². The number of nitrogens with one attached hydrogen (secondary N) is 1. The fourth-order valence-corrected chi connectivity index (χ4v) is 3.94. The van der Waals surface area contributed by atoms with Crippen LogP contribution in [0.15, 0.2) is 29.2 Å². The maximum absolute atomic E-state index is 11.4. The van der Waals surface area contributed by atoms with E-state index in [1.54, 1.807) is 29.0 Å². The Kier molecular flexibility index (Phi) is 3.37. The molecule has 100 valence electrons. The average Bonchev–Trinajstić information content (AvgIpc) is 2.75. The molecule has 3 rings (SSSR count). The molecule has 3 nitrogen and oxygen atoms in total. The Balaban J connectivity index is 1.88. The zero-order valence-corrected chi connectivity index (χ0v) is 12.2. The van der Waals surface area contributed by atoms with Gasteiger partial charge in [0.25, 0.3) is 0 Å². The molecule has 0 saturated heterocycles. The van der Waals surface area contributed by atoms with Gasteiger partial charge in [0, 0.05) is 24.2 Å². The molecule has 0 aliphatic heterocycles. The quantitative estimate of drug-likeness (QED) is 0.918. The summed E-state index contributed by atoms with van der Waals surface area (Å²) < 4.78 is 2.45. The van der Waals surface area contributed by atoms with E-state index < -0.39 is 0 Å². The molecule has 0 aromatic carbocycles. The van der Waals surface area contributed by atoms with Crippen LogP contribution >= 0.6 is 22.9 Å². The first-order valence-electron chi connectivity index (χ1n) is 6.35. The molecule has 1 aliphatic rings. The third kappa shape index (κ3) is 2.55. The molecule has 0 spiro atoms. The van der Waals surface area contributed by atoms with Gasteiger partial charge in [-0.05, 0) is 37.0 Å². The summed E-state index contributed by atoms with van der Waals surface area (Å²) in [6.45, 7) is 0. The van der Waals surface area contributed by atoms with Crippen molar-refractivity contribution in [2.24, 2.45) is 7.05 Å². The topological polar surface area (TPSA) is 34.0 Å². The molecule has 5 heteroatoms. The van der Waals surface area contributed by atoms with Gasteiger partial charge < -0.3 is 9.88 Å². The van der Waals surface area contributed by atoms with Crippen molar-refractivity contribution in [1.82, 2.24) is 4.57 Å². The summed E-state index contributed by atoms with van der Waals surface area (Å²) in [5, 5.41) is 3.51. The molecular weight excluding hydrogens is 280 g/mol. The number of nitrogens with zero attached hydrogens (tertiary/aromatic N) is 1. The second kappa shape index (κ2) is 5.02. The van der Waals surface area contributed by atoms with E-state index in [2.05, 4.69) is 11.4 Å². The van der Waals surface area contributed by atoms with Gasteiger partial charge in [-0.3, -0.25) is 4.79 Å². The van der Waals surface area contributed by atoms with E-state index in [1.807, 2.05) is 12.3 Å². The van der Waals surface area contributed by atoms with Crippen molar-refractivity contribution in [1.29, 1.82) is 0 Å². The highest BCUT2D eigenvalue weighted by Crippen LogP contribution is 2.39. The van der Waals surface area contributed by atoms with Crippen molar-refractivity contribution >= 4 is 28.6 Å². The van der Waals surface area contributed by atoms with Gasteiger partial charge in [-0.1, -0.05) is 11.6 Å². The van der Waals surface area contributed by atoms with Gasteiger partial charge in [0.05, 0.1) is 16.1 Å². The normalized spacial score (nSPS) is 18.1. The van der Waals surface area contributed by atoms with Crippen LogP contribution in [0.2, 0.25) is 4.34 Å². The highest BCUT2D eigenvalue weighted by atomic mass is 35.5. The van der Waals surface area contributed by atoms with Gasteiger partial charge in [0.15, 0.2) is 0 Å². The van der Waals surface area contributed by atoms with Crippen LogP contribution in [0.3, 0.4) is 0 Å². The minimum atomic E-state index is 0.00783. The van der Waals surface area contributed by atoms with E-state index in [0.29, 0.717) is 6.04 Å². The molecule has 19 heavy (non-hydrogen) atoms. The zero-order chi connectivity index (χ0) is 13.4. The van der Waals surface area contributed by atoms with Crippen LogP contribution in [0.1, 0.15) is 29.3 Å². The maximum Gasteiger partial charge on any atom is 0.250 e. The Hall–Kier alpha value is -1.26. The van der Waals surface area contributed by atoms with Gasteiger partial charge in [-0.15, -0.1) is 11.3 Å². The summed E-state index contributed by atoms with van der Waals surface area (Å²) in [6, 6.07) is 5.79. The third-order valence-electron chi connectivity index (χ3n) is 3.51. The average molecular weight is 295 g/mol. The predicted molar refractivity (Wildman–Crippen MR) is 80.3 cm³/mol. The van der Waals surface area contributed by atoms with E-state index in [1.165, 1.54) is 16.9 Å². The minimum Gasteiger partial charge on any atom is -0.377 e. The highest BCUT2D eigenvalue weighted by molar-refractivity contribution is 7.16. The third-order valence-corrected chi connectivity index (χ3v) is 4.85. The number of thiophene rings is 1. The van der Waals surface area contributed by atoms with Crippen LogP contribution in [-0.4, -0.2) is 4.57 Å². The lowest BCUT2D eigenvalue weighted by atomic mass is 9.94. The number of rotatable bonds is 2. The van der Waals surface area contributed by atoms with Crippen molar-refractivity contribution in [3.05, 3.63) is 49.5 Å². The van der Waals surface area contributed by atoms with Gasteiger partial charge in [0.1, 0.15) is 0 Å². The number of halogens is 1. The standard InChI is InChI=1S/C14H15ClN2OS/c1-17-8-9(5-6-14(17)18)16-11-3-2-4-12-10(11)7-13(15)19-12/h5-8,11,16H,2-4H2,1H3. The van der Waals surface area contributed by atoms with Crippen LogP contribution in [0, 0.1) is 0 Å². The van der Waals surface area contributed by atoms with Crippen LogP contribution < -0.4 is 10.9 Å². The molecular formula is C14H15ClN2OS. The number of fused-ring (bicyclic) bond motifs is 1. The van der Waals surface area contributed by atoms with Crippen molar-refractivity contribution < 1.29 is 0 Å². The summed E-state index contributed by atoms with van der Waals surface area (Å²) in [7, 11) is 1.77. The maximum atomic E-state index is 11.4. The van der Waals surface area contributed by atoms with Gasteiger partial charge in [-0.25, -0.2) is 0 Å². The first kappa shape index (κ1) is 12.8. The number of hydrogen-bond acceptors (Lipinski definition) is 3. The fourth-order valence-electron chi connectivity index (χ4n) is 2.55. The number of pyridine rings is 1. The summed E-state index contributed by atoms with van der Waals surface area (Å²) in [5.41, 5.74) is 2.30. The van der Waals surface area contributed by atoms with Crippen LogP contribution in [0.25, 0.3) is 0 Å². The Morgan fingerprint density at radius 1 is 1.47 bits per heavy atom. The van der Waals surface area contributed by atoms with Crippen molar-refractivity contribution in [2.45, 2.75) is 25.3 Å². The molecule has 0 fully saturated rings. The van der Waals surface area contributed by atoms with E-state index in [4.69, 9.17) is 11.6 Å². The number of aryl methyl sites for hydroxylation is 2. The molecule has 0 bridgehead atoms. The van der Waals surface area contributed by atoms with Crippen LogP contribution in [0.4, 0.5) is 5.69 Å². The highest BCUT2D eigenvalue weighted by Gasteiger charge is 2.22. The van der Waals surface area contributed by atoms with Crippen LogP contribution in [-0.2, 0) is 13.5 Å². The Morgan fingerprint density at radius 2 is 2.32 bits per heavy atom. The molecule has 0 amide bonds. The fraction of sp³-hybridized carbons (Fsp3) is 0.357. The van der Waals surface area contributed by atoms with E-state index >= 15 is 0 Å². The number of hydrogen-bond donors (Lipinski definition) is 1. The first-order valence-corrected chi connectivity index (χ1v) is 7.54. The van der Waals surface area contributed by atoms with E-state index in [9.17, 15) is 4.79 Å². The lowest BCUT2D eigenvalue weighted by Gasteiger charge is -2.24. The van der Waals surface area contributed by atoms with E-state index in [0.717, 1.165) is 22.9 Å². The summed E-state index contributed by atoms with van der Waals surface area (Å²) in [4.78, 5) is 12.8. The van der Waals surface area contributed by atoms with Crippen molar-refractivity contribution in [3.8, 4) is 0 Å². The van der Waals surface area contributed by atoms with Crippen molar-refractivity contribution in [3.63, 3.8) is 0 Å². The van der Waals surface area contributed by atoms with Crippen LogP contribution in [0.5, 0.6) is 0 Å². The molecule has 1 N–H and O–H groups in total. The molecule has 2 heterocycles. The summed E-state index contributed by atoms with van der Waals surface area (Å²) >= 11 is 7.79. The minimum absolute atomic E-state index is 0.00783. The molecule has 2 aromatic heterocycles. The number of anilines is 1. The SMILES string of the molecule is Cn1cc(NC2CCCc3sc(Cl)cc32)ccc1=O. The summed E-state index contributed by atoms with van der Waals surface area (Å²) in [6.07, 6.45) is 5.24.